The summed E-state index contributed by atoms with van der Waals surface area (Å²) in [7, 11) is 0. The molecule has 0 aliphatic carbocycles. The Morgan fingerprint density at radius 2 is 1.97 bits per heavy atom. The minimum atomic E-state index is -0.559. The van der Waals surface area contributed by atoms with Gasteiger partial charge >= 0.3 is 0 Å². The molecule has 0 spiro atoms. The van der Waals surface area contributed by atoms with E-state index in [-0.39, 0.29) is 31.1 Å². The van der Waals surface area contributed by atoms with Crippen molar-refractivity contribution in [2.24, 2.45) is 0 Å². The Kier molecular flexibility index (Phi) is 6.07. The van der Waals surface area contributed by atoms with E-state index in [4.69, 9.17) is 4.74 Å². The fourth-order valence-electron chi connectivity index (χ4n) is 3.76. The number of anilines is 1. The van der Waals surface area contributed by atoms with Crippen molar-refractivity contribution in [3.63, 3.8) is 0 Å². The van der Waals surface area contributed by atoms with Crippen LogP contribution in [0.25, 0.3) is 0 Å². The molecule has 2 heterocycles. The molecule has 1 aromatic heterocycles. The average Bonchev–Trinajstić information content (AvgIpc) is 3.06. The molecule has 1 N–H and O–H groups in total. The summed E-state index contributed by atoms with van der Waals surface area (Å²) >= 11 is 0. The minimum absolute atomic E-state index is 0.186. The molecule has 2 aromatic carbocycles. The van der Waals surface area contributed by atoms with Crippen LogP contribution in [0.3, 0.4) is 0 Å². The average molecular weight is 449 g/mol. The van der Waals surface area contributed by atoms with Gasteiger partial charge in [-0.25, -0.2) is 0 Å². The number of hydrogen-bond acceptors (Lipinski definition) is 6. The van der Waals surface area contributed by atoms with Gasteiger partial charge in [-0.2, -0.15) is 5.10 Å². The van der Waals surface area contributed by atoms with Crippen molar-refractivity contribution >= 4 is 23.2 Å². The number of ether oxygens (including phenoxy) is 1. The SMILES string of the molecule is Cc1nn(Cc2ccccc2)c(C)c1CNC(=O)CN1C(=O)COc2ccc([N+](=O)[O-])cc21. The van der Waals surface area contributed by atoms with E-state index >= 15 is 0 Å². The molecule has 3 aromatic rings. The number of aryl methyl sites for hydroxylation is 1. The number of fused-ring (bicyclic) bond motifs is 1. The Morgan fingerprint density at radius 3 is 2.70 bits per heavy atom. The van der Waals surface area contributed by atoms with Crippen LogP contribution in [-0.4, -0.2) is 39.7 Å². The van der Waals surface area contributed by atoms with E-state index in [0.717, 1.165) is 22.5 Å². The Morgan fingerprint density at radius 1 is 1.21 bits per heavy atom. The van der Waals surface area contributed by atoms with Crippen LogP contribution >= 0.6 is 0 Å². The van der Waals surface area contributed by atoms with Crippen LogP contribution in [0, 0.1) is 24.0 Å². The van der Waals surface area contributed by atoms with Crippen LogP contribution in [-0.2, 0) is 22.7 Å². The number of nitrogens with zero attached hydrogens (tertiary/aromatic N) is 4. The molecule has 10 nitrogen and oxygen atoms in total. The Bertz CT molecular complexity index is 1220. The molecule has 2 amide bonds. The third-order valence-corrected chi connectivity index (χ3v) is 5.57. The second-order valence-electron chi connectivity index (χ2n) is 7.75. The number of nitrogens with one attached hydrogen (secondary N) is 1. The van der Waals surface area contributed by atoms with Gasteiger partial charge in [0.05, 0.1) is 22.8 Å². The lowest BCUT2D eigenvalue weighted by Crippen LogP contribution is -2.45. The summed E-state index contributed by atoms with van der Waals surface area (Å²) < 4.78 is 7.23. The number of non-ortho nitro benzene ring substituents is 1. The first-order valence-corrected chi connectivity index (χ1v) is 10.4. The maximum atomic E-state index is 12.7. The topological polar surface area (TPSA) is 120 Å². The van der Waals surface area contributed by atoms with Gasteiger partial charge in [0.1, 0.15) is 12.3 Å². The van der Waals surface area contributed by atoms with Crippen LogP contribution in [0.4, 0.5) is 11.4 Å². The van der Waals surface area contributed by atoms with Crippen molar-refractivity contribution in [3.05, 3.63) is 81.2 Å². The highest BCUT2D eigenvalue weighted by Gasteiger charge is 2.29. The van der Waals surface area contributed by atoms with Crippen LogP contribution < -0.4 is 15.0 Å². The fraction of sp³-hybridized carbons (Fsp3) is 0.261. The van der Waals surface area contributed by atoms with Crippen molar-refractivity contribution in [1.82, 2.24) is 15.1 Å². The fourth-order valence-corrected chi connectivity index (χ4v) is 3.76. The van der Waals surface area contributed by atoms with Gasteiger partial charge < -0.3 is 10.1 Å². The number of benzene rings is 2. The third kappa shape index (κ3) is 4.69. The molecular formula is C23H23N5O5. The summed E-state index contributed by atoms with van der Waals surface area (Å²) in [5.74, 6) is -0.514. The number of rotatable bonds is 7. The van der Waals surface area contributed by atoms with Crippen molar-refractivity contribution in [2.45, 2.75) is 26.9 Å². The van der Waals surface area contributed by atoms with Crippen LogP contribution in [0.1, 0.15) is 22.5 Å². The number of nitro groups is 1. The molecule has 0 bridgehead atoms. The van der Waals surface area contributed by atoms with Gasteiger partial charge in [0, 0.05) is 29.9 Å². The normalized spacial score (nSPS) is 12.8. The second kappa shape index (κ2) is 9.11. The van der Waals surface area contributed by atoms with E-state index in [1.165, 1.54) is 23.1 Å². The summed E-state index contributed by atoms with van der Waals surface area (Å²) in [6, 6.07) is 13.9. The molecule has 1 aliphatic heterocycles. The first kappa shape index (κ1) is 22.0. The summed E-state index contributed by atoms with van der Waals surface area (Å²) in [5, 5.41) is 18.5. The lowest BCUT2D eigenvalue weighted by Gasteiger charge is -2.28. The van der Waals surface area contributed by atoms with Gasteiger partial charge in [-0.1, -0.05) is 30.3 Å². The summed E-state index contributed by atoms with van der Waals surface area (Å²) in [6.45, 7) is 4.21. The minimum Gasteiger partial charge on any atom is -0.482 e. The van der Waals surface area contributed by atoms with Crippen molar-refractivity contribution in [2.75, 3.05) is 18.1 Å². The van der Waals surface area contributed by atoms with Gasteiger partial charge in [-0.05, 0) is 25.5 Å². The number of carbonyl (C=O) groups excluding carboxylic acids is 2. The number of nitro benzene ring substituents is 1. The number of hydrogen-bond donors (Lipinski definition) is 1. The zero-order valence-corrected chi connectivity index (χ0v) is 18.3. The smallest absolute Gasteiger partial charge is 0.271 e. The molecular weight excluding hydrogens is 426 g/mol. The van der Waals surface area contributed by atoms with Crippen LogP contribution in [0.2, 0.25) is 0 Å². The maximum absolute atomic E-state index is 12.7. The van der Waals surface area contributed by atoms with E-state index in [9.17, 15) is 19.7 Å². The van der Waals surface area contributed by atoms with E-state index < -0.39 is 16.7 Å². The van der Waals surface area contributed by atoms with Gasteiger partial charge in [0.25, 0.3) is 11.6 Å². The van der Waals surface area contributed by atoms with Gasteiger partial charge in [0.2, 0.25) is 5.91 Å². The molecule has 0 fully saturated rings. The number of amides is 2. The van der Waals surface area contributed by atoms with Gasteiger partial charge in [-0.3, -0.25) is 29.3 Å². The largest absolute Gasteiger partial charge is 0.482 e. The molecule has 0 radical (unpaired) electrons. The molecule has 10 heteroatoms. The second-order valence-corrected chi connectivity index (χ2v) is 7.75. The highest BCUT2D eigenvalue weighted by molar-refractivity contribution is 6.02. The Labute approximate surface area is 189 Å². The third-order valence-electron chi connectivity index (χ3n) is 5.57. The van der Waals surface area contributed by atoms with E-state index in [2.05, 4.69) is 10.4 Å². The van der Waals surface area contributed by atoms with Crippen molar-refractivity contribution < 1.29 is 19.2 Å². The summed E-state index contributed by atoms with van der Waals surface area (Å²) in [6.07, 6.45) is 0. The van der Waals surface area contributed by atoms with Crippen molar-refractivity contribution in [3.8, 4) is 5.75 Å². The summed E-state index contributed by atoms with van der Waals surface area (Å²) in [5.41, 5.74) is 3.81. The number of carbonyl (C=O) groups is 2. The molecule has 33 heavy (non-hydrogen) atoms. The van der Waals surface area contributed by atoms with Gasteiger partial charge in [0.15, 0.2) is 6.61 Å². The first-order valence-electron chi connectivity index (χ1n) is 10.4. The van der Waals surface area contributed by atoms with E-state index in [1.54, 1.807) is 0 Å². The molecule has 4 rings (SSSR count). The Hall–Kier alpha value is -4.21. The molecule has 0 saturated carbocycles. The predicted molar refractivity (Wildman–Crippen MR) is 120 cm³/mol. The van der Waals surface area contributed by atoms with Crippen LogP contribution in [0.5, 0.6) is 5.75 Å². The van der Waals surface area contributed by atoms with Crippen LogP contribution in [0.15, 0.2) is 48.5 Å². The highest BCUT2D eigenvalue weighted by atomic mass is 16.6. The van der Waals surface area contributed by atoms with Gasteiger partial charge in [-0.15, -0.1) is 0 Å². The quantitative estimate of drug-likeness (QED) is 0.437. The monoisotopic (exact) mass is 449 g/mol. The molecule has 0 saturated heterocycles. The number of aromatic nitrogens is 2. The molecule has 170 valence electrons. The molecule has 1 aliphatic rings. The molecule has 0 atom stereocenters. The highest BCUT2D eigenvalue weighted by Crippen LogP contribution is 2.35. The Balaban J connectivity index is 1.45. The lowest BCUT2D eigenvalue weighted by atomic mass is 10.2. The molecule has 0 unspecified atom stereocenters. The van der Waals surface area contributed by atoms with E-state index in [1.807, 2.05) is 48.9 Å². The summed E-state index contributed by atoms with van der Waals surface area (Å²) in [4.78, 5) is 36.8. The zero-order chi connectivity index (χ0) is 23.5. The first-order chi connectivity index (χ1) is 15.8. The van der Waals surface area contributed by atoms with E-state index in [0.29, 0.717) is 12.3 Å². The standard InChI is InChI=1S/C23H23N5O5/c1-15-19(16(2)27(25-15)12-17-6-4-3-5-7-17)11-24-22(29)13-26-20-10-18(28(31)32)8-9-21(20)33-14-23(26)30/h3-10H,11-14H2,1-2H3,(H,24,29). The maximum Gasteiger partial charge on any atom is 0.271 e. The zero-order valence-electron chi connectivity index (χ0n) is 18.3. The lowest BCUT2D eigenvalue weighted by molar-refractivity contribution is -0.384. The van der Waals surface area contributed by atoms with Crippen molar-refractivity contribution in [1.29, 1.82) is 0 Å². The predicted octanol–water partition coefficient (Wildman–Crippen LogP) is 2.50.